The van der Waals surface area contributed by atoms with Gasteiger partial charge < -0.3 is 20.7 Å². The fraction of sp³-hybridized carbons (Fsp3) is 0.519. The van der Waals surface area contributed by atoms with Crippen molar-refractivity contribution < 1.29 is 26.4 Å². The Morgan fingerprint density at radius 3 is 2.31 bits per heavy atom. The predicted octanol–water partition coefficient (Wildman–Crippen LogP) is 3.24. The van der Waals surface area contributed by atoms with E-state index in [0.29, 0.717) is 25.2 Å². The minimum Gasteiger partial charge on any atom is -0.378 e. The van der Waals surface area contributed by atoms with Crippen LogP contribution in [0.5, 0.6) is 0 Å². The van der Waals surface area contributed by atoms with E-state index in [1.54, 1.807) is 25.3 Å². The minimum atomic E-state index is -3.67. The van der Waals surface area contributed by atoms with Crippen molar-refractivity contribution in [2.45, 2.75) is 56.1 Å². The van der Waals surface area contributed by atoms with Gasteiger partial charge in [0.05, 0.1) is 40.3 Å². The highest BCUT2D eigenvalue weighted by Crippen LogP contribution is 2.31. The van der Waals surface area contributed by atoms with Gasteiger partial charge in [0.25, 0.3) is 5.91 Å². The molecule has 2 aromatic rings. The fourth-order valence-corrected chi connectivity index (χ4v) is 6.44. The number of methoxy groups -OCH3 is 1. The summed E-state index contributed by atoms with van der Waals surface area (Å²) < 4.78 is 56.6. The summed E-state index contributed by atoms with van der Waals surface area (Å²) in [6.07, 6.45) is 5.62. The Kier molecular flexibility index (Phi) is 10.4. The second kappa shape index (κ2) is 13.1. The van der Waals surface area contributed by atoms with E-state index in [-0.39, 0.29) is 34.0 Å². The van der Waals surface area contributed by atoms with Crippen molar-refractivity contribution in [2.75, 3.05) is 53.8 Å². The van der Waals surface area contributed by atoms with Gasteiger partial charge in [-0.1, -0.05) is 32.6 Å². The molecule has 2 atom stereocenters. The molecule has 1 fully saturated rings. The molecule has 3 N–H and O–H groups in total. The number of hydrogen-bond donors (Lipinski definition) is 2. The number of amides is 1. The zero-order valence-corrected chi connectivity index (χ0v) is 24.7. The van der Waals surface area contributed by atoms with Gasteiger partial charge in [0.1, 0.15) is 0 Å². The van der Waals surface area contributed by atoms with Crippen molar-refractivity contribution in [3.63, 3.8) is 0 Å². The number of carbonyl (C=O) groups excluding carboxylic acids is 1. The number of anilines is 3. The van der Waals surface area contributed by atoms with E-state index < -0.39 is 25.8 Å². The maximum absolute atomic E-state index is 13.3. The predicted molar refractivity (Wildman–Crippen MR) is 156 cm³/mol. The monoisotopic (exact) mass is 580 g/mol. The maximum atomic E-state index is 13.3. The van der Waals surface area contributed by atoms with Gasteiger partial charge in [0.2, 0.25) is 10.0 Å². The van der Waals surface area contributed by atoms with Gasteiger partial charge in [0.15, 0.2) is 9.84 Å². The lowest BCUT2D eigenvalue weighted by Crippen LogP contribution is -2.34. The average molecular weight is 581 g/mol. The van der Waals surface area contributed by atoms with Crippen LogP contribution in [0.4, 0.5) is 17.1 Å². The molecule has 0 spiro atoms. The SMILES string of the molecule is CCCCCCCS(=O)(=O)c1ccc(NC(=O)c2ccc(N3C[C@H](OC)[C@@H](N)C3)cc2N(C)S(C)(=O)=O)cc1. The third-order valence-electron chi connectivity index (χ3n) is 7.03. The Hall–Kier alpha value is -2.67. The van der Waals surface area contributed by atoms with Gasteiger partial charge in [-0.05, 0) is 48.9 Å². The number of nitrogens with zero attached hydrogens (tertiary/aromatic N) is 2. The molecular formula is C27H40N4O6S2. The van der Waals surface area contributed by atoms with Crippen molar-refractivity contribution in [1.82, 2.24) is 0 Å². The Balaban J connectivity index is 1.79. The first-order valence-electron chi connectivity index (χ1n) is 13.1. The number of rotatable bonds is 13. The summed E-state index contributed by atoms with van der Waals surface area (Å²) in [4.78, 5) is 15.4. The van der Waals surface area contributed by atoms with Gasteiger partial charge >= 0.3 is 0 Å². The van der Waals surface area contributed by atoms with Crippen LogP contribution in [0, 0.1) is 0 Å². The number of nitrogens with two attached hydrogens (primary N) is 1. The van der Waals surface area contributed by atoms with Gasteiger partial charge in [-0.2, -0.15) is 0 Å². The van der Waals surface area contributed by atoms with Crippen molar-refractivity contribution in [2.24, 2.45) is 5.73 Å². The van der Waals surface area contributed by atoms with Crippen LogP contribution in [0.3, 0.4) is 0 Å². The maximum Gasteiger partial charge on any atom is 0.257 e. The Morgan fingerprint density at radius 1 is 1.05 bits per heavy atom. The highest BCUT2D eigenvalue weighted by Gasteiger charge is 2.31. The van der Waals surface area contributed by atoms with E-state index in [1.165, 1.54) is 31.3 Å². The molecule has 1 aliphatic heterocycles. The Morgan fingerprint density at radius 2 is 1.72 bits per heavy atom. The number of carbonyl (C=O) groups is 1. The molecule has 0 unspecified atom stereocenters. The van der Waals surface area contributed by atoms with Crippen LogP contribution in [0.1, 0.15) is 49.4 Å². The molecule has 216 valence electrons. The molecule has 1 amide bonds. The Labute approximate surface area is 232 Å². The summed E-state index contributed by atoms with van der Waals surface area (Å²) in [5, 5.41) is 2.75. The summed E-state index contributed by atoms with van der Waals surface area (Å²) in [6, 6.07) is 10.8. The normalized spacial score (nSPS) is 17.8. The number of nitrogens with one attached hydrogen (secondary N) is 1. The number of sulfonamides is 1. The molecule has 3 rings (SSSR count). The summed E-state index contributed by atoms with van der Waals surface area (Å²) in [5.41, 5.74) is 7.63. The lowest BCUT2D eigenvalue weighted by molar-refractivity contribution is 0.102. The van der Waals surface area contributed by atoms with Gasteiger partial charge in [-0.3, -0.25) is 9.10 Å². The van der Waals surface area contributed by atoms with Crippen LogP contribution < -0.4 is 20.3 Å². The summed E-state index contributed by atoms with van der Waals surface area (Å²) in [6.45, 7) is 3.18. The van der Waals surface area contributed by atoms with Crippen molar-refractivity contribution in [3.05, 3.63) is 48.0 Å². The number of unbranched alkanes of at least 4 members (excludes halogenated alkanes) is 4. The quantitative estimate of drug-likeness (QED) is 0.344. The topological polar surface area (TPSA) is 139 Å². The zero-order chi connectivity index (χ0) is 28.8. The molecule has 2 aromatic carbocycles. The molecule has 0 bridgehead atoms. The molecule has 0 radical (unpaired) electrons. The van der Waals surface area contributed by atoms with Crippen LogP contribution in [-0.4, -0.2) is 74.1 Å². The van der Waals surface area contributed by atoms with E-state index in [9.17, 15) is 21.6 Å². The molecule has 39 heavy (non-hydrogen) atoms. The molecule has 1 heterocycles. The summed E-state index contributed by atoms with van der Waals surface area (Å²) in [5.74, 6) is -0.435. The average Bonchev–Trinajstić information content (AvgIpc) is 3.28. The van der Waals surface area contributed by atoms with Crippen LogP contribution in [0.15, 0.2) is 47.4 Å². The van der Waals surface area contributed by atoms with Gasteiger partial charge in [-0.15, -0.1) is 0 Å². The number of benzene rings is 2. The van der Waals surface area contributed by atoms with E-state index in [1.807, 2.05) is 4.90 Å². The molecule has 10 nitrogen and oxygen atoms in total. The molecule has 0 aromatic heterocycles. The molecule has 0 aliphatic carbocycles. The van der Waals surface area contributed by atoms with Crippen LogP contribution in [0.25, 0.3) is 0 Å². The molecule has 12 heteroatoms. The lowest BCUT2D eigenvalue weighted by Gasteiger charge is -2.24. The highest BCUT2D eigenvalue weighted by molar-refractivity contribution is 7.92. The largest absolute Gasteiger partial charge is 0.378 e. The van der Waals surface area contributed by atoms with E-state index >= 15 is 0 Å². The number of sulfone groups is 1. The van der Waals surface area contributed by atoms with Gasteiger partial charge in [0, 0.05) is 38.6 Å². The smallest absolute Gasteiger partial charge is 0.257 e. The van der Waals surface area contributed by atoms with Crippen molar-refractivity contribution >= 4 is 42.8 Å². The van der Waals surface area contributed by atoms with Crippen LogP contribution >= 0.6 is 0 Å². The second-order valence-electron chi connectivity index (χ2n) is 9.99. The second-order valence-corrected chi connectivity index (χ2v) is 14.1. The summed E-state index contributed by atoms with van der Waals surface area (Å²) in [7, 11) is -4.09. The molecule has 1 saturated heterocycles. The molecule has 1 aliphatic rings. The van der Waals surface area contributed by atoms with Crippen LogP contribution in [0.2, 0.25) is 0 Å². The van der Waals surface area contributed by atoms with Gasteiger partial charge in [-0.25, -0.2) is 16.8 Å². The third-order valence-corrected chi connectivity index (χ3v) is 10.0. The number of hydrogen-bond acceptors (Lipinski definition) is 8. The standard InChI is InChI=1S/C27H40N4O6S2/c1-5-6-7-8-9-16-39(35,36)22-13-10-20(11-14-22)29-27(32)23-15-12-21(17-25(23)30(2)38(4,33)34)31-18-24(28)26(19-31)37-3/h10-15,17,24,26H,5-9,16,18-19,28H2,1-4H3,(H,29,32)/t24-,26-/m0/s1. The zero-order valence-electron chi connectivity index (χ0n) is 23.1. The minimum absolute atomic E-state index is 0.0863. The highest BCUT2D eigenvalue weighted by atomic mass is 32.2. The first kappa shape index (κ1) is 30.9. The summed E-state index contributed by atoms with van der Waals surface area (Å²) >= 11 is 0. The molecular weight excluding hydrogens is 540 g/mol. The number of ether oxygens (including phenoxy) is 1. The lowest BCUT2D eigenvalue weighted by atomic mass is 10.1. The first-order valence-corrected chi connectivity index (χ1v) is 16.6. The first-order chi connectivity index (χ1) is 18.4. The molecule has 0 saturated carbocycles. The van der Waals surface area contributed by atoms with Crippen molar-refractivity contribution in [3.8, 4) is 0 Å². The fourth-order valence-electron chi connectivity index (χ4n) is 4.56. The van der Waals surface area contributed by atoms with E-state index in [0.717, 1.165) is 41.9 Å². The van der Waals surface area contributed by atoms with E-state index in [2.05, 4.69) is 12.2 Å². The van der Waals surface area contributed by atoms with Crippen LogP contribution in [-0.2, 0) is 24.6 Å². The third kappa shape index (κ3) is 7.93. The van der Waals surface area contributed by atoms with E-state index in [4.69, 9.17) is 10.5 Å². The Bertz CT molecular complexity index is 1350. The van der Waals surface area contributed by atoms with Crippen molar-refractivity contribution in [1.29, 1.82) is 0 Å².